The number of hydrogen-bond donors (Lipinski definition) is 1. The molecule has 1 aromatic carbocycles. The Kier molecular flexibility index (Phi) is 4.36. The van der Waals surface area contributed by atoms with E-state index in [9.17, 15) is 4.39 Å². The maximum Gasteiger partial charge on any atom is 0.124 e. The number of nitrogens with one attached hydrogen (secondary N) is 1. The fourth-order valence-electron chi connectivity index (χ4n) is 2.22. The predicted molar refractivity (Wildman–Crippen MR) is 77.7 cm³/mol. The van der Waals surface area contributed by atoms with Crippen molar-refractivity contribution in [3.05, 3.63) is 35.0 Å². The predicted octanol–water partition coefficient (Wildman–Crippen LogP) is 4.74. The van der Waals surface area contributed by atoms with Gasteiger partial charge < -0.3 is 5.32 Å². The third-order valence-corrected chi connectivity index (χ3v) is 4.63. The van der Waals surface area contributed by atoms with Crippen molar-refractivity contribution >= 4 is 21.4 Å². The SMILES string of the molecule is CCNC(c1cc2ccc(F)cc2s1)C(C)CC. The molecule has 0 aliphatic rings. The Balaban J connectivity index is 2.38. The van der Waals surface area contributed by atoms with Crippen LogP contribution in [0.3, 0.4) is 0 Å². The quantitative estimate of drug-likeness (QED) is 0.823. The second kappa shape index (κ2) is 5.81. The number of halogens is 1. The number of thiophene rings is 1. The Morgan fingerprint density at radius 1 is 1.28 bits per heavy atom. The Morgan fingerprint density at radius 3 is 2.72 bits per heavy atom. The average molecular weight is 265 g/mol. The molecular weight excluding hydrogens is 245 g/mol. The highest BCUT2D eigenvalue weighted by Crippen LogP contribution is 2.34. The molecule has 0 aliphatic heterocycles. The summed E-state index contributed by atoms with van der Waals surface area (Å²) >= 11 is 1.70. The smallest absolute Gasteiger partial charge is 0.124 e. The lowest BCUT2D eigenvalue weighted by atomic mass is 9.97. The van der Waals surface area contributed by atoms with Gasteiger partial charge in [-0.25, -0.2) is 4.39 Å². The summed E-state index contributed by atoms with van der Waals surface area (Å²) in [7, 11) is 0. The van der Waals surface area contributed by atoms with Gasteiger partial charge in [0, 0.05) is 15.6 Å². The van der Waals surface area contributed by atoms with Crippen molar-refractivity contribution in [1.82, 2.24) is 5.32 Å². The molecule has 0 saturated heterocycles. The Labute approximate surface area is 112 Å². The summed E-state index contributed by atoms with van der Waals surface area (Å²) in [6, 6.07) is 7.59. The molecule has 0 saturated carbocycles. The van der Waals surface area contributed by atoms with Crippen LogP contribution < -0.4 is 5.32 Å². The van der Waals surface area contributed by atoms with Crippen LogP contribution in [0.5, 0.6) is 0 Å². The Bertz CT molecular complexity index is 520. The molecule has 1 N–H and O–H groups in total. The van der Waals surface area contributed by atoms with Crippen molar-refractivity contribution in [1.29, 1.82) is 0 Å². The number of hydrogen-bond acceptors (Lipinski definition) is 2. The minimum atomic E-state index is -0.153. The Hall–Kier alpha value is -0.930. The molecular formula is C15H20FNS. The second-order valence-electron chi connectivity index (χ2n) is 4.75. The van der Waals surface area contributed by atoms with Crippen LogP contribution in [-0.4, -0.2) is 6.54 Å². The summed E-state index contributed by atoms with van der Waals surface area (Å²) in [5, 5.41) is 4.68. The third-order valence-electron chi connectivity index (χ3n) is 3.44. The highest BCUT2D eigenvalue weighted by molar-refractivity contribution is 7.19. The van der Waals surface area contributed by atoms with Crippen molar-refractivity contribution in [2.24, 2.45) is 5.92 Å². The van der Waals surface area contributed by atoms with E-state index in [1.807, 2.05) is 6.07 Å². The van der Waals surface area contributed by atoms with E-state index >= 15 is 0 Å². The topological polar surface area (TPSA) is 12.0 Å². The second-order valence-corrected chi connectivity index (χ2v) is 5.87. The van der Waals surface area contributed by atoms with Crippen LogP contribution in [0, 0.1) is 11.7 Å². The molecule has 0 aliphatic carbocycles. The molecule has 2 rings (SSSR count). The van der Waals surface area contributed by atoms with Crippen molar-refractivity contribution in [3.63, 3.8) is 0 Å². The minimum absolute atomic E-state index is 0.153. The minimum Gasteiger partial charge on any atom is -0.309 e. The van der Waals surface area contributed by atoms with Gasteiger partial charge in [-0.1, -0.05) is 33.3 Å². The molecule has 1 nitrogen and oxygen atoms in total. The van der Waals surface area contributed by atoms with Crippen molar-refractivity contribution in [3.8, 4) is 0 Å². The van der Waals surface area contributed by atoms with E-state index in [0.29, 0.717) is 12.0 Å². The summed E-state index contributed by atoms with van der Waals surface area (Å²) in [6.07, 6.45) is 1.14. The maximum absolute atomic E-state index is 13.2. The monoisotopic (exact) mass is 265 g/mol. The van der Waals surface area contributed by atoms with E-state index in [-0.39, 0.29) is 5.82 Å². The number of fused-ring (bicyclic) bond motifs is 1. The molecule has 0 amide bonds. The summed E-state index contributed by atoms with van der Waals surface area (Å²) in [5.41, 5.74) is 0. The summed E-state index contributed by atoms with van der Waals surface area (Å²) in [5.74, 6) is 0.433. The van der Waals surface area contributed by atoms with Gasteiger partial charge in [0.1, 0.15) is 5.82 Å². The van der Waals surface area contributed by atoms with Crippen LogP contribution in [0.25, 0.3) is 10.1 Å². The molecule has 2 atom stereocenters. The van der Waals surface area contributed by atoms with E-state index in [0.717, 1.165) is 23.1 Å². The van der Waals surface area contributed by atoms with Gasteiger partial charge in [0.2, 0.25) is 0 Å². The van der Waals surface area contributed by atoms with Gasteiger partial charge in [0.25, 0.3) is 0 Å². The molecule has 2 aromatic rings. The standard InChI is InChI=1S/C15H20FNS/c1-4-10(3)15(17-5-2)14-8-11-6-7-12(16)9-13(11)18-14/h6-10,15,17H,4-5H2,1-3H3. The molecule has 1 heterocycles. The lowest BCUT2D eigenvalue weighted by Gasteiger charge is -2.22. The van der Waals surface area contributed by atoms with Gasteiger partial charge in [-0.05, 0) is 36.0 Å². The average Bonchev–Trinajstić information content (AvgIpc) is 2.77. The maximum atomic E-state index is 13.2. The third kappa shape index (κ3) is 2.73. The van der Waals surface area contributed by atoms with E-state index in [4.69, 9.17) is 0 Å². The van der Waals surface area contributed by atoms with Crippen LogP contribution in [0.4, 0.5) is 4.39 Å². The van der Waals surface area contributed by atoms with Gasteiger partial charge in [-0.15, -0.1) is 11.3 Å². The summed E-state index contributed by atoms with van der Waals surface area (Å²) in [4.78, 5) is 1.31. The zero-order valence-electron chi connectivity index (χ0n) is 11.2. The molecule has 3 heteroatoms. The van der Waals surface area contributed by atoms with Crippen LogP contribution in [0.15, 0.2) is 24.3 Å². The van der Waals surface area contributed by atoms with Gasteiger partial charge in [-0.3, -0.25) is 0 Å². The van der Waals surface area contributed by atoms with Crippen molar-refractivity contribution in [2.45, 2.75) is 33.2 Å². The first-order chi connectivity index (χ1) is 8.65. The fraction of sp³-hybridized carbons (Fsp3) is 0.467. The van der Waals surface area contributed by atoms with E-state index in [1.165, 1.54) is 10.9 Å². The Morgan fingerprint density at radius 2 is 2.06 bits per heavy atom. The molecule has 2 unspecified atom stereocenters. The molecule has 0 radical (unpaired) electrons. The lowest BCUT2D eigenvalue weighted by Crippen LogP contribution is -2.25. The normalized spacial score (nSPS) is 14.9. The first-order valence-corrected chi connectivity index (χ1v) is 7.39. The molecule has 98 valence electrons. The lowest BCUT2D eigenvalue weighted by molar-refractivity contribution is 0.389. The van der Waals surface area contributed by atoms with Crippen LogP contribution in [0.1, 0.15) is 38.1 Å². The first-order valence-electron chi connectivity index (χ1n) is 6.58. The number of rotatable bonds is 5. The molecule has 0 bridgehead atoms. The first kappa shape index (κ1) is 13.5. The van der Waals surface area contributed by atoms with Crippen LogP contribution >= 0.6 is 11.3 Å². The summed E-state index contributed by atoms with van der Waals surface area (Å²) < 4.78 is 14.2. The molecule has 1 aromatic heterocycles. The van der Waals surface area contributed by atoms with Gasteiger partial charge in [0.15, 0.2) is 0 Å². The van der Waals surface area contributed by atoms with Crippen LogP contribution in [0.2, 0.25) is 0 Å². The molecule has 0 fully saturated rings. The zero-order valence-corrected chi connectivity index (χ0v) is 12.0. The van der Waals surface area contributed by atoms with Gasteiger partial charge >= 0.3 is 0 Å². The fourth-order valence-corrected chi connectivity index (χ4v) is 3.52. The summed E-state index contributed by atoms with van der Waals surface area (Å²) in [6.45, 7) is 7.56. The van der Waals surface area contributed by atoms with Crippen LogP contribution in [-0.2, 0) is 0 Å². The number of benzene rings is 1. The van der Waals surface area contributed by atoms with Crippen molar-refractivity contribution < 1.29 is 4.39 Å². The largest absolute Gasteiger partial charge is 0.309 e. The van der Waals surface area contributed by atoms with E-state index in [1.54, 1.807) is 17.4 Å². The zero-order chi connectivity index (χ0) is 13.1. The van der Waals surface area contributed by atoms with Crippen molar-refractivity contribution in [2.75, 3.05) is 6.54 Å². The highest BCUT2D eigenvalue weighted by atomic mass is 32.1. The van der Waals surface area contributed by atoms with Gasteiger partial charge in [0.05, 0.1) is 0 Å². The molecule has 0 spiro atoms. The van der Waals surface area contributed by atoms with E-state index < -0.39 is 0 Å². The van der Waals surface area contributed by atoms with E-state index in [2.05, 4.69) is 32.2 Å². The van der Waals surface area contributed by atoms with Gasteiger partial charge in [-0.2, -0.15) is 0 Å². The highest BCUT2D eigenvalue weighted by Gasteiger charge is 2.19. The molecule has 18 heavy (non-hydrogen) atoms.